The summed E-state index contributed by atoms with van der Waals surface area (Å²) in [5.41, 5.74) is 6.60. The SMILES string of the molecule is COc1ccc(C2C3CCCC=C3C(C#N)=C(N)C2(C#N)C#N)cc1OC. The van der Waals surface area contributed by atoms with Gasteiger partial charge in [0.15, 0.2) is 16.9 Å². The van der Waals surface area contributed by atoms with Gasteiger partial charge in [-0.25, -0.2) is 0 Å². The molecule has 0 amide bonds. The number of ether oxygens (including phenoxy) is 2. The number of methoxy groups -OCH3 is 2. The van der Waals surface area contributed by atoms with Crippen molar-refractivity contribution in [1.82, 2.24) is 0 Å². The standard InChI is InChI=1S/C21H20N4O2/c1-26-17-8-7-13(9-18(17)27-2)19-15-6-4-3-5-14(15)16(10-22)20(25)21(19,11-23)12-24/h5,7-9,15,19H,3-4,6,25H2,1-2H3. The molecule has 1 aromatic carbocycles. The Bertz CT molecular complexity index is 942. The topological polar surface area (TPSA) is 116 Å². The van der Waals surface area contributed by atoms with E-state index in [4.69, 9.17) is 15.2 Å². The minimum absolute atomic E-state index is 0.0409. The highest BCUT2D eigenvalue weighted by molar-refractivity contribution is 5.60. The first-order valence-corrected chi connectivity index (χ1v) is 8.73. The number of hydrogen-bond acceptors (Lipinski definition) is 6. The number of benzene rings is 1. The lowest BCUT2D eigenvalue weighted by Crippen LogP contribution is -2.42. The largest absolute Gasteiger partial charge is 0.493 e. The van der Waals surface area contributed by atoms with Crippen molar-refractivity contribution in [3.8, 4) is 29.7 Å². The highest BCUT2D eigenvalue weighted by Gasteiger charge is 2.53. The second kappa shape index (κ2) is 7.06. The van der Waals surface area contributed by atoms with E-state index in [9.17, 15) is 15.8 Å². The lowest BCUT2D eigenvalue weighted by molar-refractivity contribution is 0.314. The summed E-state index contributed by atoms with van der Waals surface area (Å²) in [6, 6.07) is 11.8. The van der Waals surface area contributed by atoms with E-state index < -0.39 is 11.3 Å². The third-order valence-electron chi connectivity index (χ3n) is 5.57. The zero-order chi connectivity index (χ0) is 19.6. The molecule has 0 spiro atoms. The van der Waals surface area contributed by atoms with Crippen molar-refractivity contribution >= 4 is 0 Å². The molecule has 0 saturated carbocycles. The Balaban J connectivity index is 2.30. The molecule has 6 nitrogen and oxygen atoms in total. The van der Waals surface area contributed by atoms with Gasteiger partial charge in [0.05, 0.1) is 37.6 Å². The van der Waals surface area contributed by atoms with Crippen molar-refractivity contribution in [2.45, 2.75) is 25.2 Å². The van der Waals surface area contributed by atoms with E-state index in [1.165, 1.54) is 0 Å². The first kappa shape index (κ1) is 18.4. The van der Waals surface area contributed by atoms with Gasteiger partial charge in [-0.3, -0.25) is 0 Å². The predicted molar refractivity (Wildman–Crippen MR) is 98.2 cm³/mol. The maximum Gasteiger partial charge on any atom is 0.191 e. The summed E-state index contributed by atoms with van der Waals surface area (Å²) in [6.45, 7) is 0. The fraction of sp³-hybridized carbons (Fsp3) is 0.381. The number of nitrogens with two attached hydrogens (primary N) is 1. The average Bonchev–Trinajstić information content (AvgIpc) is 2.72. The van der Waals surface area contributed by atoms with Crippen molar-refractivity contribution in [3.05, 3.63) is 46.7 Å². The Labute approximate surface area is 158 Å². The van der Waals surface area contributed by atoms with Crippen LogP contribution in [0.5, 0.6) is 11.5 Å². The molecule has 1 aromatic rings. The molecule has 27 heavy (non-hydrogen) atoms. The summed E-state index contributed by atoms with van der Waals surface area (Å²) in [7, 11) is 3.09. The number of fused-ring (bicyclic) bond motifs is 1. The van der Waals surface area contributed by atoms with Crippen LogP contribution in [-0.4, -0.2) is 14.2 Å². The normalized spacial score (nSPS) is 23.1. The summed E-state index contributed by atoms with van der Waals surface area (Å²) < 4.78 is 10.7. The van der Waals surface area contributed by atoms with Crippen molar-refractivity contribution in [1.29, 1.82) is 15.8 Å². The number of allylic oxidation sites excluding steroid dienone is 4. The van der Waals surface area contributed by atoms with Gasteiger partial charge in [-0.05, 0) is 48.4 Å². The van der Waals surface area contributed by atoms with Crippen molar-refractivity contribution in [2.75, 3.05) is 14.2 Å². The highest BCUT2D eigenvalue weighted by Crippen LogP contribution is 2.56. The van der Waals surface area contributed by atoms with Gasteiger partial charge in [-0.1, -0.05) is 12.1 Å². The van der Waals surface area contributed by atoms with Gasteiger partial charge in [-0.2, -0.15) is 15.8 Å². The second-order valence-corrected chi connectivity index (χ2v) is 6.72. The van der Waals surface area contributed by atoms with E-state index in [-0.39, 0.29) is 17.2 Å². The summed E-state index contributed by atoms with van der Waals surface area (Å²) >= 11 is 0. The van der Waals surface area contributed by atoms with Crippen LogP contribution in [0.25, 0.3) is 0 Å². The zero-order valence-corrected chi connectivity index (χ0v) is 15.3. The molecule has 2 aliphatic rings. The maximum atomic E-state index is 10.0. The minimum atomic E-state index is -1.61. The Hall–Kier alpha value is -3.43. The van der Waals surface area contributed by atoms with Crippen LogP contribution in [0.4, 0.5) is 0 Å². The van der Waals surface area contributed by atoms with E-state index in [2.05, 4.69) is 18.2 Å². The number of rotatable bonds is 3. The average molecular weight is 360 g/mol. The van der Waals surface area contributed by atoms with Crippen LogP contribution in [0, 0.1) is 45.3 Å². The van der Waals surface area contributed by atoms with E-state index in [0.717, 1.165) is 30.4 Å². The van der Waals surface area contributed by atoms with Gasteiger partial charge < -0.3 is 15.2 Å². The summed E-state index contributed by atoms with van der Waals surface area (Å²) in [5.74, 6) is 0.473. The van der Waals surface area contributed by atoms with E-state index in [1.807, 2.05) is 12.1 Å². The van der Waals surface area contributed by atoms with Crippen LogP contribution in [0.1, 0.15) is 30.7 Å². The smallest absolute Gasteiger partial charge is 0.191 e. The molecular weight excluding hydrogens is 340 g/mol. The zero-order valence-electron chi connectivity index (χ0n) is 15.3. The van der Waals surface area contributed by atoms with Gasteiger partial charge in [0.2, 0.25) is 0 Å². The Morgan fingerprint density at radius 1 is 1.11 bits per heavy atom. The monoisotopic (exact) mass is 360 g/mol. The van der Waals surface area contributed by atoms with E-state index >= 15 is 0 Å². The number of hydrogen-bond donors (Lipinski definition) is 1. The third-order valence-corrected chi connectivity index (χ3v) is 5.57. The van der Waals surface area contributed by atoms with Gasteiger partial charge in [0, 0.05) is 5.92 Å². The van der Waals surface area contributed by atoms with Crippen LogP contribution in [-0.2, 0) is 0 Å². The van der Waals surface area contributed by atoms with Crippen molar-refractivity contribution in [3.63, 3.8) is 0 Å². The molecule has 2 aliphatic carbocycles. The van der Waals surface area contributed by atoms with Crippen LogP contribution < -0.4 is 15.2 Å². The Morgan fingerprint density at radius 2 is 1.81 bits per heavy atom. The molecule has 0 fully saturated rings. The number of nitriles is 3. The molecule has 0 aliphatic heterocycles. The van der Waals surface area contributed by atoms with Gasteiger partial charge >= 0.3 is 0 Å². The van der Waals surface area contributed by atoms with Crippen molar-refractivity contribution in [2.24, 2.45) is 17.1 Å². The molecule has 2 N–H and O–H groups in total. The second-order valence-electron chi connectivity index (χ2n) is 6.72. The Kier molecular flexibility index (Phi) is 4.80. The first-order chi connectivity index (χ1) is 13.1. The summed E-state index contributed by atoms with van der Waals surface area (Å²) in [5, 5.41) is 29.7. The molecule has 0 bridgehead atoms. The lowest BCUT2D eigenvalue weighted by atomic mass is 9.57. The molecule has 0 saturated heterocycles. The molecule has 6 heteroatoms. The fourth-order valence-electron chi connectivity index (χ4n) is 4.30. The van der Waals surface area contributed by atoms with Crippen LogP contribution in [0.3, 0.4) is 0 Å². The van der Waals surface area contributed by atoms with Gasteiger partial charge in [0.25, 0.3) is 0 Å². The fourth-order valence-corrected chi connectivity index (χ4v) is 4.30. The molecule has 3 rings (SSSR count). The van der Waals surface area contributed by atoms with Crippen LogP contribution >= 0.6 is 0 Å². The predicted octanol–water partition coefficient (Wildman–Crippen LogP) is 3.30. The quantitative estimate of drug-likeness (QED) is 0.884. The summed E-state index contributed by atoms with van der Waals surface area (Å²) in [6.07, 6.45) is 4.60. The third kappa shape index (κ3) is 2.60. The molecule has 0 radical (unpaired) electrons. The van der Waals surface area contributed by atoms with Gasteiger partial charge in [0.1, 0.15) is 6.07 Å². The number of nitrogens with zero attached hydrogens (tertiary/aromatic N) is 3. The molecule has 136 valence electrons. The molecule has 2 unspecified atom stereocenters. The first-order valence-electron chi connectivity index (χ1n) is 8.73. The lowest BCUT2D eigenvalue weighted by Gasteiger charge is -2.43. The molecule has 2 atom stereocenters. The van der Waals surface area contributed by atoms with Crippen molar-refractivity contribution < 1.29 is 9.47 Å². The van der Waals surface area contributed by atoms with E-state index in [0.29, 0.717) is 11.5 Å². The Morgan fingerprint density at radius 3 is 2.41 bits per heavy atom. The molecular formula is C21H20N4O2. The van der Waals surface area contributed by atoms with Crippen LogP contribution in [0.2, 0.25) is 0 Å². The van der Waals surface area contributed by atoms with E-state index in [1.54, 1.807) is 26.4 Å². The van der Waals surface area contributed by atoms with Gasteiger partial charge in [-0.15, -0.1) is 0 Å². The van der Waals surface area contributed by atoms with Crippen LogP contribution in [0.15, 0.2) is 41.1 Å². The minimum Gasteiger partial charge on any atom is -0.493 e. The summed E-state index contributed by atoms with van der Waals surface area (Å²) in [4.78, 5) is 0. The highest BCUT2D eigenvalue weighted by atomic mass is 16.5. The molecule has 0 heterocycles. The maximum absolute atomic E-state index is 10.0. The molecule has 0 aromatic heterocycles.